The Balaban J connectivity index is 1.88. The molecule has 8 heteroatoms. The number of benzene rings is 1. The van der Waals surface area contributed by atoms with Crippen molar-refractivity contribution in [1.29, 1.82) is 0 Å². The average Bonchev–Trinajstić information content (AvgIpc) is 3.10. The summed E-state index contributed by atoms with van der Waals surface area (Å²) in [4.78, 5) is 13.9. The normalized spacial score (nSPS) is 21.0. The number of carboxylic acid groups (broad SMARTS) is 1. The Morgan fingerprint density at radius 1 is 1.38 bits per heavy atom. The van der Waals surface area contributed by atoms with Crippen molar-refractivity contribution in [3.05, 3.63) is 30.3 Å². The molecule has 3 rings (SSSR count). The molecule has 1 aromatic heterocycles. The second-order valence-corrected chi connectivity index (χ2v) is 6.08. The van der Waals surface area contributed by atoms with Crippen LogP contribution in [-0.2, 0) is 9.53 Å². The largest absolute Gasteiger partial charge is 0.481 e. The number of tetrazole rings is 1. The first kappa shape index (κ1) is 16.4. The first-order valence-corrected chi connectivity index (χ1v) is 7.97. The van der Waals surface area contributed by atoms with Gasteiger partial charge in [0.2, 0.25) is 5.95 Å². The molecule has 8 nitrogen and oxygen atoms in total. The maximum Gasteiger partial charge on any atom is 0.311 e. The zero-order chi connectivity index (χ0) is 17.0. The molecule has 0 radical (unpaired) electrons. The van der Waals surface area contributed by atoms with Crippen LogP contribution in [0.5, 0.6) is 0 Å². The van der Waals surface area contributed by atoms with E-state index in [4.69, 9.17) is 4.74 Å². The minimum atomic E-state index is -0.832. The van der Waals surface area contributed by atoms with Crippen LogP contribution in [0, 0.1) is 5.41 Å². The van der Waals surface area contributed by atoms with E-state index in [1.807, 2.05) is 35.2 Å². The second-order valence-electron chi connectivity index (χ2n) is 6.08. The molecule has 1 aliphatic heterocycles. The molecular formula is C16H21N5O3. The van der Waals surface area contributed by atoms with Crippen LogP contribution < -0.4 is 4.90 Å². The Morgan fingerprint density at radius 2 is 2.17 bits per heavy atom. The van der Waals surface area contributed by atoms with Crippen LogP contribution in [0.4, 0.5) is 5.95 Å². The molecule has 24 heavy (non-hydrogen) atoms. The number of methoxy groups -OCH3 is 1. The molecular weight excluding hydrogens is 310 g/mol. The third-order valence-corrected chi connectivity index (χ3v) is 4.55. The van der Waals surface area contributed by atoms with Gasteiger partial charge in [0.15, 0.2) is 0 Å². The van der Waals surface area contributed by atoms with Gasteiger partial charge in [-0.05, 0) is 41.8 Å². The van der Waals surface area contributed by atoms with Gasteiger partial charge in [0.05, 0.1) is 11.1 Å². The lowest BCUT2D eigenvalue weighted by molar-refractivity contribution is -0.150. The minimum absolute atomic E-state index is 0.374. The summed E-state index contributed by atoms with van der Waals surface area (Å²) >= 11 is 0. The van der Waals surface area contributed by atoms with E-state index in [0.29, 0.717) is 31.9 Å². The predicted molar refractivity (Wildman–Crippen MR) is 87.2 cm³/mol. The van der Waals surface area contributed by atoms with Gasteiger partial charge in [0, 0.05) is 26.8 Å². The SMILES string of the molecule is COCC[C@]1(C(=O)O)CCCN(c2nnnn2-c2ccccc2)C1. The van der Waals surface area contributed by atoms with Gasteiger partial charge in [0.25, 0.3) is 0 Å². The maximum atomic E-state index is 11.9. The molecule has 1 atom stereocenters. The van der Waals surface area contributed by atoms with Crippen LogP contribution in [0.3, 0.4) is 0 Å². The van der Waals surface area contributed by atoms with E-state index in [-0.39, 0.29) is 0 Å². The number of rotatable bonds is 6. The second kappa shape index (κ2) is 6.96. The molecule has 1 saturated heterocycles. The molecule has 2 heterocycles. The third kappa shape index (κ3) is 3.09. The van der Waals surface area contributed by atoms with Crippen LogP contribution in [0.15, 0.2) is 30.3 Å². The first-order chi connectivity index (χ1) is 11.7. The van der Waals surface area contributed by atoms with Crippen molar-refractivity contribution >= 4 is 11.9 Å². The van der Waals surface area contributed by atoms with E-state index in [1.165, 1.54) is 0 Å². The number of aliphatic carboxylic acids is 1. The number of carboxylic acids is 1. The van der Waals surface area contributed by atoms with Crippen LogP contribution in [0.25, 0.3) is 5.69 Å². The fourth-order valence-electron chi connectivity index (χ4n) is 3.20. The van der Waals surface area contributed by atoms with Crippen LogP contribution in [-0.4, -0.2) is 58.1 Å². The molecule has 1 N–H and O–H groups in total. The standard InChI is InChI=1S/C16H21N5O3/c1-24-11-9-16(14(22)23)8-5-10-20(12-16)15-17-18-19-21(15)13-6-3-2-4-7-13/h2-4,6-7H,5,8-12H2,1H3,(H,22,23)/t16-/m1/s1. The number of aromatic nitrogens is 4. The number of carbonyl (C=O) groups is 1. The molecule has 1 aliphatic rings. The Bertz CT molecular complexity index is 690. The van der Waals surface area contributed by atoms with Crippen molar-refractivity contribution in [1.82, 2.24) is 20.2 Å². The predicted octanol–water partition coefficient (Wildman–Crippen LogP) is 1.37. The lowest BCUT2D eigenvalue weighted by Crippen LogP contribution is -2.49. The molecule has 0 bridgehead atoms. The highest BCUT2D eigenvalue weighted by Gasteiger charge is 2.43. The van der Waals surface area contributed by atoms with E-state index in [1.54, 1.807) is 11.8 Å². The van der Waals surface area contributed by atoms with Gasteiger partial charge in [0.1, 0.15) is 0 Å². The van der Waals surface area contributed by atoms with Crippen molar-refractivity contribution in [3.8, 4) is 5.69 Å². The Hall–Kier alpha value is -2.48. The monoisotopic (exact) mass is 331 g/mol. The smallest absolute Gasteiger partial charge is 0.311 e. The average molecular weight is 331 g/mol. The molecule has 0 amide bonds. The van der Waals surface area contributed by atoms with Crippen LogP contribution in [0.2, 0.25) is 0 Å². The van der Waals surface area contributed by atoms with E-state index in [0.717, 1.165) is 18.7 Å². The van der Waals surface area contributed by atoms with Crippen molar-refractivity contribution in [2.24, 2.45) is 5.41 Å². The van der Waals surface area contributed by atoms with Crippen LogP contribution in [0.1, 0.15) is 19.3 Å². The number of piperidine rings is 1. The van der Waals surface area contributed by atoms with E-state index in [9.17, 15) is 9.90 Å². The number of ether oxygens (including phenoxy) is 1. The lowest BCUT2D eigenvalue weighted by Gasteiger charge is -2.39. The summed E-state index contributed by atoms with van der Waals surface area (Å²) in [7, 11) is 1.59. The van der Waals surface area contributed by atoms with Gasteiger partial charge in [-0.15, -0.1) is 0 Å². The summed E-state index contributed by atoms with van der Waals surface area (Å²) in [5.41, 5.74) is 0.0164. The number of anilines is 1. The van der Waals surface area contributed by atoms with Gasteiger partial charge in [-0.2, -0.15) is 4.68 Å². The zero-order valence-electron chi connectivity index (χ0n) is 13.6. The number of nitrogens with zero attached hydrogens (tertiary/aromatic N) is 5. The quantitative estimate of drug-likeness (QED) is 0.854. The highest BCUT2D eigenvalue weighted by atomic mass is 16.5. The molecule has 0 unspecified atom stereocenters. The van der Waals surface area contributed by atoms with Crippen molar-refractivity contribution in [2.45, 2.75) is 19.3 Å². The van der Waals surface area contributed by atoms with Crippen molar-refractivity contribution < 1.29 is 14.6 Å². The molecule has 0 saturated carbocycles. The summed E-state index contributed by atoms with van der Waals surface area (Å²) in [6.45, 7) is 1.53. The van der Waals surface area contributed by atoms with Gasteiger partial charge in [-0.1, -0.05) is 23.3 Å². The zero-order valence-corrected chi connectivity index (χ0v) is 13.6. The van der Waals surface area contributed by atoms with E-state index < -0.39 is 11.4 Å². The molecule has 0 spiro atoms. The fourth-order valence-corrected chi connectivity index (χ4v) is 3.20. The lowest BCUT2D eigenvalue weighted by atomic mass is 9.77. The summed E-state index contributed by atoms with van der Waals surface area (Å²) < 4.78 is 6.76. The summed E-state index contributed by atoms with van der Waals surface area (Å²) in [6.07, 6.45) is 1.88. The molecule has 1 aromatic carbocycles. The highest BCUT2D eigenvalue weighted by Crippen LogP contribution is 2.35. The van der Waals surface area contributed by atoms with E-state index in [2.05, 4.69) is 15.5 Å². The molecule has 2 aromatic rings. The Morgan fingerprint density at radius 3 is 2.88 bits per heavy atom. The van der Waals surface area contributed by atoms with Gasteiger partial charge in [-0.3, -0.25) is 4.79 Å². The summed E-state index contributed by atoms with van der Waals surface area (Å²) in [5, 5.41) is 21.7. The van der Waals surface area contributed by atoms with Gasteiger partial charge >= 0.3 is 5.97 Å². The fraction of sp³-hybridized carbons (Fsp3) is 0.500. The van der Waals surface area contributed by atoms with Gasteiger partial charge < -0.3 is 14.7 Å². The maximum absolute atomic E-state index is 11.9. The molecule has 0 aliphatic carbocycles. The van der Waals surface area contributed by atoms with Crippen molar-refractivity contribution in [3.63, 3.8) is 0 Å². The highest BCUT2D eigenvalue weighted by molar-refractivity contribution is 5.76. The Labute approximate surface area is 140 Å². The van der Waals surface area contributed by atoms with Crippen LogP contribution >= 0.6 is 0 Å². The first-order valence-electron chi connectivity index (χ1n) is 7.97. The minimum Gasteiger partial charge on any atom is -0.481 e. The van der Waals surface area contributed by atoms with E-state index >= 15 is 0 Å². The molecule has 128 valence electrons. The number of hydrogen-bond donors (Lipinski definition) is 1. The summed E-state index contributed by atoms with van der Waals surface area (Å²) in [6, 6.07) is 9.58. The topological polar surface area (TPSA) is 93.4 Å². The number of hydrogen-bond acceptors (Lipinski definition) is 6. The number of para-hydroxylation sites is 1. The third-order valence-electron chi connectivity index (χ3n) is 4.55. The Kier molecular flexibility index (Phi) is 4.75. The van der Waals surface area contributed by atoms with Crippen molar-refractivity contribution in [2.75, 3.05) is 31.7 Å². The molecule has 1 fully saturated rings. The van der Waals surface area contributed by atoms with Gasteiger partial charge in [-0.25, -0.2) is 0 Å². The summed E-state index contributed by atoms with van der Waals surface area (Å²) in [5.74, 6) is -0.216.